The number of ether oxygens (including phenoxy) is 1. The Morgan fingerprint density at radius 3 is 2.53 bits per heavy atom. The Bertz CT molecular complexity index is 496. The van der Waals surface area contributed by atoms with E-state index in [4.69, 9.17) is 4.74 Å². The van der Waals surface area contributed by atoms with Crippen LogP contribution in [0.2, 0.25) is 0 Å². The first-order valence-electron chi connectivity index (χ1n) is 5.26. The summed E-state index contributed by atoms with van der Waals surface area (Å²) in [4.78, 5) is 11.6. The molecule has 0 unspecified atom stereocenters. The van der Waals surface area contributed by atoms with Gasteiger partial charge in [-0.3, -0.25) is 4.72 Å². The summed E-state index contributed by atoms with van der Waals surface area (Å²) < 4.78 is 30.1. The van der Waals surface area contributed by atoms with Crippen molar-refractivity contribution >= 4 is 21.7 Å². The van der Waals surface area contributed by atoms with Crippen LogP contribution in [-0.2, 0) is 14.8 Å². The lowest BCUT2D eigenvalue weighted by atomic mass is 10.2. The Hall–Kier alpha value is -1.56. The van der Waals surface area contributed by atoms with Crippen LogP contribution in [-0.4, -0.2) is 26.7 Å². The maximum atomic E-state index is 11.6. The number of hydrogen-bond donors (Lipinski definition) is 1. The van der Waals surface area contributed by atoms with Crippen molar-refractivity contribution in [2.24, 2.45) is 0 Å². The predicted octanol–water partition coefficient (Wildman–Crippen LogP) is 1.62. The molecule has 0 amide bonds. The van der Waals surface area contributed by atoms with Crippen LogP contribution in [0.3, 0.4) is 0 Å². The number of esters is 1. The molecule has 0 bridgehead atoms. The monoisotopic (exact) mass is 257 g/mol. The van der Waals surface area contributed by atoms with Crippen molar-refractivity contribution in [3.63, 3.8) is 0 Å². The Morgan fingerprint density at radius 2 is 1.94 bits per heavy atom. The minimum Gasteiger partial charge on any atom is -0.462 e. The van der Waals surface area contributed by atoms with E-state index in [1.165, 1.54) is 19.1 Å². The fourth-order valence-electron chi connectivity index (χ4n) is 1.20. The molecular formula is C11H15NO4S. The van der Waals surface area contributed by atoms with Gasteiger partial charge in [0.25, 0.3) is 0 Å². The van der Waals surface area contributed by atoms with Crippen molar-refractivity contribution in [3.8, 4) is 0 Å². The van der Waals surface area contributed by atoms with Gasteiger partial charge < -0.3 is 4.74 Å². The second kappa shape index (κ2) is 5.67. The van der Waals surface area contributed by atoms with Gasteiger partial charge >= 0.3 is 5.97 Å². The molecular weight excluding hydrogens is 242 g/mol. The average molecular weight is 257 g/mol. The van der Waals surface area contributed by atoms with Crippen molar-refractivity contribution in [1.29, 1.82) is 0 Å². The molecule has 5 nitrogen and oxygen atoms in total. The highest BCUT2D eigenvalue weighted by Gasteiger charge is 2.15. The topological polar surface area (TPSA) is 72.5 Å². The van der Waals surface area contributed by atoms with E-state index >= 15 is 0 Å². The second-order valence-electron chi connectivity index (χ2n) is 3.27. The van der Waals surface area contributed by atoms with E-state index in [0.29, 0.717) is 0 Å². The van der Waals surface area contributed by atoms with E-state index < -0.39 is 16.0 Å². The lowest BCUT2D eigenvalue weighted by molar-refractivity contribution is 0.0527. The maximum absolute atomic E-state index is 11.6. The van der Waals surface area contributed by atoms with Gasteiger partial charge in [0.2, 0.25) is 10.0 Å². The van der Waals surface area contributed by atoms with Gasteiger partial charge in [0.15, 0.2) is 0 Å². The summed E-state index contributed by atoms with van der Waals surface area (Å²) in [6.07, 6.45) is 0. The zero-order valence-electron chi connectivity index (χ0n) is 9.76. The van der Waals surface area contributed by atoms with Gasteiger partial charge in [0.05, 0.1) is 23.6 Å². The molecule has 1 aromatic carbocycles. The quantitative estimate of drug-likeness (QED) is 0.814. The summed E-state index contributed by atoms with van der Waals surface area (Å²) in [5.41, 5.74) is 0.458. The molecule has 0 aliphatic rings. The maximum Gasteiger partial charge on any atom is 0.340 e. The number of hydrogen-bond acceptors (Lipinski definition) is 4. The van der Waals surface area contributed by atoms with Gasteiger partial charge in [-0.2, -0.15) is 0 Å². The van der Waals surface area contributed by atoms with Crippen LogP contribution in [0.25, 0.3) is 0 Å². The Morgan fingerprint density at radius 1 is 1.29 bits per heavy atom. The van der Waals surface area contributed by atoms with E-state index in [9.17, 15) is 13.2 Å². The van der Waals surface area contributed by atoms with Crippen LogP contribution < -0.4 is 4.72 Å². The van der Waals surface area contributed by atoms with E-state index in [2.05, 4.69) is 4.72 Å². The third-order valence-electron chi connectivity index (χ3n) is 2.07. The predicted molar refractivity (Wildman–Crippen MR) is 65.5 cm³/mol. The number of benzene rings is 1. The van der Waals surface area contributed by atoms with Crippen molar-refractivity contribution in [3.05, 3.63) is 29.8 Å². The Labute approximate surface area is 101 Å². The SMILES string of the molecule is CCOC(=O)c1ccccc1NS(=O)(=O)CC. The molecule has 0 aromatic heterocycles. The van der Waals surface area contributed by atoms with E-state index in [0.717, 1.165) is 0 Å². The molecule has 94 valence electrons. The van der Waals surface area contributed by atoms with Crippen LogP contribution in [0.1, 0.15) is 24.2 Å². The third-order valence-corrected chi connectivity index (χ3v) is 3.36. The number of para-hydroxylation sites is 1. The molecule has 0 aliphatic carbocycles. The standard InChI is InChI=1S/C11H15NO4S/c1-3-16-11(13)9-7-5-6-8-10(9)12-17(14,15)4-2/h5-8,12H,3-4H2,1-2H3. The van der Waals surface area contributed by atoms with Crippen LogP contribution in [0, 0.1) is 0 Å². The minimum atomic E-state index is -3.40. The lowest BCUT2D eigenvalue weighted by Gasteiger charge is -2.10. The average Bonchev–Trinajstić information content (AvgIpc) is 2.29. The lowest BCUT2D eigenvalue weighted by Crippen LogP contribution is -2.17. The number of anilines is 1. The molecule has 1 aromatic rings. The molecule has 17 heavy (non-hydrogen) atoms. The summed E-state index contributed by atoms with van der Waals surface area (Å²) in [5, 5.41) is 0. The molecule has 0 heterocycles. The van der Waals surface area contributed by atoms with Gasteiger partial charge in [0.1, 0.15) is 0 Å². The highest BCUT2D eigenvalue weighted by Crippen LogP contribution is 2.17. The highest BCUT2D eigenvalue weighted by molar-refractivity contribution is 7.92. The van der Waals surface area contributed by atoms with Crippen LogP contribution >= 0.6 is 0 Å². The molecule has 1 N–H and O–H groups in total. The molecule has 0 atom stereocenters. The van der Waals surface area contributed by atoms with Gasteiger partial charge in [-0.05, 0) is 26.0 Å². The summed E-state index contributed by atoms with van der Waals surface area (Å²) in [6.45, 7) is 3.46. The van der Waals surface area contributed by atoms with Crippen molar-refractivity contribution in [2.75, 3.05) is 17.1 Å². The zero-order chi connectivity index (χ0) is 12.9. The molecule has 6 heteroatoms. The normalized spacial score (nSPS) is 10.9. The largest absolute Gasteiger partial charge is 0.462 e. The highest BCUT2D eigenvalue weighted by atomic mass is 32.2. The van der Waals surface area contributed by atoms with E-state index in [1.807, 2.05) is 0 Å². The number of nitrogens with one attached hydrogen (secondary N) is 1. The number of rotatable bonds is 5. The van der Waals surface area contributed by atoms with Crippen LogP contribution in [0.15, 0.2) is 24.3 Å². The molecule has 1 rings (SSSR count). The van der Waals surface area contributed by atoms with Crippen molar-refractivity contribution in [2.45, 2.75) is 13.8 Å². The Kier molecular flexibility index (Phi) is 4.51. The zero-order valence-corrected chi connectivity index (χ0v) is 10.6. The van der Waals surface area contributed by atoms with Gasteiger partial charge in [-0.15, -0.1) is 0 Å². The molecule has 0 fully saturated rings. The number of sulfonamides is 1. The molecule has 0 radical (unpaired) electrons. The second-order valence-corrected chi connectivity index (χ2v) is 5.28. The third kappa shape index (κ3) is 3.74. The number of carbonyl (C=O) groups is 1. The van der Waals surface area contributed by atoms with Gasteiger partial charge in [-0.1, -0.05) is 12.1 Å². The minimum absolute atomic E-state index is 0.0514. The smallest absolute Gasteiger partial charge is 0.340 e. The van der Waals surface area contributed by atoms with Gasteiger partial charge in [0, 0.05) is 0 Å². The number of carbonyl (C=O) groups excluding carboxylic acids is 1. The summed E-state index contributed by atoms with van der Waals surface area (Å²) in [6, 6.07) is 6.34. The molecule has 0 saturated heterocycles. The molecule has 0 spiro atoms. The first kappa shape index (κ1) is 13.5. The van der Waals surface area contributed by atoms with Crippen LogP contribution in [0.4, 0.5) is 5.69 Å². The van der Waals surface area contributed by atoms with Crippen molar-refractivity contribution < 1.29 is 17.9 Å². The fraction of sp³-hybridized carbons (Fsp3) is 0.364. The first-order chi connectivity index (χ1) is 8.00. The van der Waals surface area contributed by atoms with Crippen LogP contribution in [0.5, 0.6) is 0 Å². The summed E-state index contributed by atoms with van der Waals surface area (Å²) in [5.74, 6) is -0.591. The summed E-state index contributed by atoms with van der Waals surface area (Å²) >= 11 is 0. The summed E-state index contributed by atoms with van der Waals surface area (Å²) in [7, 11) is -3.40. The van der Waals surface area contributed by atoms with E-state index in [1.54, 1.807) is 19.1 Å². The Balaban J connectivity index is 3.04. The molecule has 0 aliphatic heterocycles. The molecule has 0 saturated carbocycles. The van der Waals surface area contributed by atoms with Gasteiger partial charge in [-0.25, -0.2) is 13.2 Å². The fourth-order valence-corrected chi connectivity index (χ4v) is 1.86. The first-order valence-corrected chi connectivity index (χ1v) is 6.92. The van der Waals surface area contributed by atoms with Crippen molar-refractivity contribution in [1.82, 2.24) is 0 Å². The van der Waals surface area contributed by atoms with E-state index in [-0.39, 0.29) is 23.6 Å².